The van der Waals surface area contributed by atoms with E-state index in [0.717, 1.165) is 6.07 Å². The van der Waals surface area contributed by atoms with E-state index in [4.69, 9.17) is 11.6 Å². The molecule has 1 heterocycles. The molecular weight excluding hydrogens is 279 g/mol. The van der Waals surface area contributed by atoms with E-state index in [1.807, 2.05) is 6.92 Å². The maximum Gasteiger partial charge on any atom is 0.246 e. The summed E-state index contributed by atoms with van der Waals surface area (Å²) in [6.45, 7) is 3.13. The lowest BCUT2D eigenvalue weighted by Gasteiger charge is -2.31. The van der Waals surface area contributed by atoms with Gasteiger partial charge in [0.25, 0.3) is 0 Å². The maximum absolute atomic E-state index is 13.7. The molecule has 0 amide bonds. The second kappa shape index (κ2) is 5.13. The van der Waals surface area contributed by atoms with Crippen molar-refractivity contribution in [2.24, 2.45) is 0 Å². The Morgan fingerprint density at radius 3 is 2.83 bits per heavy atom. The van der Waals surface area contributed by atoms with Crippen molar-refractivity contribution < 1.29 is 12.8 Å². The zero-order valence-corrected chi connectivity index (χ0v) is 11.4. The molecule has 1 aliphatic heterocycles. The van der Waals surface area contributed by atoms with Crippen LogP contribution in [0.25, 0.3) is 0 Å². The van der Waals surface area contributed by atoms with Gasteiger partial charge in [0.05, 0.1) is 0 Å². The summed E-state index contributed by atoms with van der Waals surface area (Å²) < 4.78 is 39.5. The van der Waals surface area contributed by atoms with E-state index in [9.17, 15) is 12.8 Å². The first kappa shape index (κ1) is 13.7. The lowest BCUT2D eigenvalue weighted by Crippen LogP contribution is -2.51. The van der Waals surface area contributed by atoms with Crippen LogP contribution in [0.15, 0.2) is 23.1 Å². The number of rotatable bonds is 2. The summed E-state index contributed by atoms with van der Waals surface area (Å²) >= 11 is 5.62. The third kappa shape index (κ3) is 2.66. The van der Waals surface area contributed by atoms with Crippen molar-refractivity contribution in [3.63, 3.8) is 0 Å². The molecule has 2 rings (SSSR count). The van der Waals surface area contributed by atoms with E-state index in [1.165, 1.54) is 16.4 Å². The quantitative estimate of drug-likeness (QED) is 0.898. The van der Waals surface area contributed by atoms with Crippen molar-refractivity contribution in [3.05, 3.63) is 29.0 Å². The Morgan fingerprint density at radius 2 is 2.22 bits per heavy atom. The minimum absolute atomic E-state index is 0.0592. The number of hydrogen-bond donors (Lipinski definition) is 1. The van der Waals surface area contributed by atoms with Crippen LogP contribution in [-0.2, 0) is 10.0 Å². The highest BCUT2D eigenvalue weighted by Crippen LogP contribution is 2.23. The standard InChI is InChI=1S/C11H14ClFN2O2S/c1-8-7-15(5-4-14-8)18(16,17)11-3-2-9(12)6-10(11)13/h2-3,6,8,14H,4-5,7H2,1H3. The highest BCUT2D eigenvalue weighted by atomic mass is 35.5. The van der Waals surface area contributed by atoms with Gasteiger partial charge in [-0.1, -0.05) is 11.6 Å². The molecule has 1 aromatic rings. The van der Waals surface area contributed by atoms with Crippen LogP contribution in [0.5, 0.6) is 0 Å². The zero-order chi connectivity index (χ0) is 13.3. The molecule has 4 nitrogen and oxygen atoms in total. The van der Waals surface area contributed by atoms with E-state index in [1.54, 1.807) is 0 Å². The molecule has 0 aromatic heterocycles. The van der Waals surface area contributed by atoms with E-state index in [2.05, 4.69) is 5.32 Å². The molecule has 1 N–H and O–H groups in total. The molecule has 1 aliphatic rings. The molecule has 1 atom stereocenters. The maximum atomic E-state index is 13.7. The molecular formula is C11H14ClFN2O2S. The minimum atomic E-state index is -3.78. The van der Waals surface area contributed by atoms with E-state index >= 15 is 0 Å². The Morgan fingerprint density at radius 1 is 1.50 bits per heavy atom. The molecule has 1 saturated heterocycles. The van der Waals surface area contributed by atoms with Gasteiger partial charge in [-0.15, -0.1) is 0 Å². The van der Waals surface area contributed by atoms with Crippen LogP contribution >= 0.6 is 11.6 Å². The zero-order valence-electron chi connectivity index (χ0n) is 9.86. The highest BCUT2D eigenvalue weighted by molar-refractivity contribution is 7.89. The molecule has 0 bridgehead atoms. The minimum Gasteiger partial charge on any atom is -0.312 e. The molecule has 0 saturated carbocycles. The second-order valence-corrected chi connectivity index (χ2v) is 6.64. The number of sulfonamides is 1. The predicted molar refractivity (Wildman–Crippen MR) is 67.6 cm³/mol. The number of nitrogens with zero attached hydrogens (tertiary/aromatic N) is 1. The Balaban J connectivity index is 2.35. The molecule has 1 unspecified atom stereocenters. The third-order valence-electron chi connectivity index (χ3n) is 2.84. The van der Waals surface area contributed by atoms with Gasteiger partial charge in [-0.2, -0.15) is 4.31 Å². The highest BCUT2D eigenvalue weighted by Gasteiger charge is 2.30. The largest absolute Gasteiger partial charge is 0.312 e. The fraction of sp³-hybridized carbons (Fsp3) is 0.455. The van der Waals surface area contributed by atoms with E-state index in [0.29, 0.717) is 19.6 Å². The van der Waals surface area contributed by atoms with Crippen LogP contribution in [0.3, 0.4) is 0 Å². The monoisotopic (exact) mass is 292 g/mol. The smallest absolute Gasteiger partial charge is 0.246 e. The number of benzene rings is 1. The van der Waals surface area contributed by atoms with Crippen LogP contribution in [0.2, 0.25) is 5.02 Å². The van der Waals surface area contributed by atoms with Gasteiger partial charge in [0.15, 0.2) is 0 Å². The first-order valence-corrected chi connectivity index (χ1v) is 7.41. The molecule has 7 heteroatoms. The number of halogens is 2. The van der Waals surface area contributed by atoms with Crippen molar-refractivity contribution in [1.82, 2.24) is 9.62 Å². The van der Waals surface area contributed by atoms with Gasteiger partial charge in [0.2, 0.25) is 10.0 Å². The topological polar surface area (TPSA) is 49.4 Å². The van der Waals surface area contributed by atoms with Crippen LogP contribution in [0.1, 0.15) is 6.92 Å². The summed E-state index contributed by atoms with van der Waals surface area (Å²) in [5.41, 5.74) is 0. The fourth-order valence-corrected chi connectivity index (χ4v) is 3.67. The normalized spacial score (nSPS) is 22.1. The van der Waals surface area contributed by atoms with E-state index in [-0.39, 0.29) is 16.0 Å². The van der Waals surface area contributed by atoms with Crippen LogP contribution < -0.4 is 5.32 Å². The Bertz CT molecular complexity index is 550. The van der Waals surface area contributed by atoms with E-state index < -0.39 is 15.8 Å². The summed E-state index contributed by atoms with van der Waals surface area (Å²) in [6.07, 6.45) is 0. The number of hydrogen-bond acceptors (Lipinski definition) is 3. The summed E-state index contributed by atoms with van der Waals surface area (Å²) in [7, 11) is -3.78. The predicted octanol–water partition coefficient (Wildman–Crippen LogP) is 1.46. The van der Waals surface area contributed by atoms with Crippen LogP contribution in [-0.4, -0.2) is 38.4 Å². The third-order valence-corrected chi connectivity index (χ3v) is 4.98. The summed E-state index contributed by atoms with van der Waals surface area (Å²) in [5.74, 6) is -0.811. The number of nitrogens with one attached hydrogen (secondary N) is 1. The molecule has 1 aromatic carbocycles. The fourth-order valence-electron chi connectivity index (χ4n) is 1.94. The van der Waals surface area contributed by atoms with Gasteiger partial charge in [-0.05, 0) is 25.1 Å². The Labute approximate surface area is 111 Å². The van der Waals surface area contributed by atoms with Crippen molar-refractivity contribution in [1.29, 1.82) is 0 Å². The summed E-state index contributed by atoms with van der Waals surface area (Å²) in [5, 5.41) is 3.32. The van der Waals surface area contributed by atoms with Gasteiger partial charge in [0, 0.05) is 30.7 Å². The molecule has 0 aliphatic carbocycles. The van der Waals surface area contributed by atoms with Crippen molar-refractivity contribution in [2.45, 2.75) is 17.9 Å². The number of piperazine rings is 1. The average Bonchev–Trinajstić information content (AvgIpc) is 2.28. The molecule has 0 spiro atoms. The molecule has 0 radical (unpaired) electrons. The van der Waals surface area contributed by atoms with Crippen molar-refractivity contribution in [3.8, 4) is 0 Å². The van der Waals surface area contributed by atoms with Crippen molar-refractivity contribution in [2.75, 3.05) is 19.6 Å². The Hall–Kier alpha value is -0.690. The van der Waals surface area contributed by atoms with Crippen LogP contribution in [0, 0.1) is 5.82 Å². The molecule has 1 fully saturated rings. The first-order valence-electron chi connectivity index (χ1n) is 5.60. The van der Waals surface area contributed by atoms with Gasteiger partial charge in [-0.3, -0.25) is 0 Å². The molecule has 18 heavy (non-hydrogen) atoms. The first-order chi connectivity index (χ1) is 8.41. The lowest BCUT2D eigenvalue weighted by molar-refractivity contribution is 0.309. The van der Waals surface area contributed by atoms with Gasteiger partial charge >= 0.3 is 0 Å². The van der Waals surface area contributed by atoms with Gasteiger partial charge in [-0.25, -0.2) is 12.8 Å². The van der Waals surface area contributed by atoms with Crippen molar-refractivity contribution >= 4 is 21.6 Å². The second-order valence-electron chi connectivity index (χ2n) is 4.29. The SMILES string of the molecule is CC1CN(S(=O)(=O)c2ccc(Cl)cc2F)CCN1. The van der Waals surface area contributed by atoms with Gasteiger partial charge in [0.1, 0.15) is 10.7 Å². The summed E-state index contributed by atoms with van der Waals surface area (Å²) in [6, 6.07) is 3.66. The van der Waals surface area contributed by atoms with Crippen LogP contribution in [0.4, 0.5) is 4.39 Å². The average molecular weight is 293 g/mol. The Kier molecular flexibility index (Phi) is 3.91. The summed E-state index contributed by atoms with van der Waals surface area (Å²) in [4.78, 5) is -0.319. The lowest BCUT2D eigenvalue weighted by atomic mass is 10.3. The molecule has 100 valence electrons. The van der Waals surface area contributed by atoms with Gasteiger partial charge < -0.3 is 5.32 Å².